The topological polar surface area (TPSA) is 146 Å². The number of carbonyl (C=O) groups excluding carboxylic acids is 1. The number of hydrogen-bond donors (Lipinski definition) is 5. The molecule has 5 heterocycles. The van der Waals surface area contributed by atoms with Crippen molar-refractivity contribution in [1.82, 2.24) is 15.3 Å². The minimum Gasteiger partial charge on any atom is -0.481 e. The van der Waals surface area contributed by atoms with Crippen LogP contribution in [0.5, 0.6) is 5.88 Å². The van der Waals surface area contributed by atoms with Crippen LogP contribution in [0.25, 0.3) is 11.0 Å². The van der Waals surface area contributed by atoms with Gasteiger partial charge in [0.2, 0.25) is 11.8 Å². The molecule has 1 aliphatic carbocycles. The van der Waals surface area contributed by atoms with Crippen molar-refractivity contribution in [2.75, 3.05) is 24.8 Å². The predicted octanol–water partition coefficient (Wildman–Crippen LogP) is 3.61. The number of halogens is 1. The van der Waals surface area contributed by atoms with Crippen molar-refractivity contribution >= 4 is 33.2 Å². The van der Waals surface area contributed by atoms with E-state index < -0.39 is 34.0 Å². The lowest BCUT2D eigenvalue weighted by Crippen LogP contribution is -2.65. The van der Waals surface area contributed by atoms with Crippen LogP contribution in [0.4, 0.5) is 10.1 Å². The number of methoxy groups -OCH3 is 1. The Morgan fingerprint density at radius 1 is 1.23 bits per heavy atom. The number of benzene rings is 1. The zero-order valence-corrected chi connectivity index (χ0v) is 22.3. The fraction of sp³-hybridized carbons (Fsp3) is 0.444. The molecule has 3 aliphatic heterocycles. The maximum absolute atomic E-state index is 14.9. The highest BCUT2D eigenvalue weighted by atomic mass is 32.3. The smallest absolute Gasteiger partial charge is 0.244 e. The van der Waals surface area contributed by atoms with Crippen molar-refractivity contribution in [3.63, 3.8) is 0 Å². The standard InChI is InChI=1S/C27H31FN4O6S/c1-37-24-5-3-19-25(32-24)17(18(28)13-29-19)11-22(33)27-8-6-26(7-9-27,15-38-27)30-12-16-2-4-21-20(10-16)31-23(34)14-39(21,35)36/h2-5,10,13,22,30,33,35-36H,6-9,11-12,14-15H2,1H3,(H,31,34). The van der Waals surface area contributed by atoms with Gasteiger partial charge in [-0.1, -0.05) is 6.07 Å². The summed E-state index contributed by atoms with van der Waals surface area (Å²) in [6, 6.07) is 8.63. The number of aliphatic hydroxyl groups excluding tert-OH is 1. The van der Waals surface area contributed by atoms with Crippen LogP contribution in [0, 0.1) is 5.82 Å². The lowest BCUT2D eigenvalue weighted by molar-refractivity contribution is -0.208. The van der Waals surface area contributed by atoms with Crippen molar-refractivity contribution in [3.05, 3.63) is 53.5 Å². The highest BCUT2D eigenvalue weighted by Gasteiger charge is 2.53. The van der Waals surface area contributed by atoms with Gasteiger partial charge in [0, 0.05) is 30.1 Å². The Bertz CT molecular complexity index is 1430. The van der Waals surface area contributed by atoms with Gasteiger partial charge in [-0.05, 0) is 49.4 Å². The molecule has 0 radical (unpaired) electrons. The van der Waals surface area contributed by atoms with E-state index in [1.165, 1.54) is 7.11 Å². The lowest BCUT2D eigenvalue weighted by Gasteiger charge is -2.55. The van der Waals surface area contributed by atoms with E-state index in [0.29, 0.717) is 59.1 Å². The summed E-state index contributed by atoms with van der Waals surface area (Å²) in [6.07, 6.45) is 3.06. The highest BCUT2D eigenvalue weighted by Crippen LogP contribution is 2.54. The summed E-state index contributed by atoms with van der Waals surface area (Å²) < 4.78 is 46.9. The van der Waals surface area contributed by atoms with Crippen LogP contribution in [0.2, 0.25) is 0 Å². The van der Waals surface area contributed by atoms with E-state index in [1.54, 1.807) is 24.3 Å². The van der Waals surface area contributed by atoms with Crippen molar-refractivity contribution in [2.45, 2.75) is 60.8 Å². The molecule has 2 bridgehead atoms. The quantitative estimate of drug-likeness (QED) is 0.293. The molecule has 39 heavy (non-hydrogen) atoms. The van der Waals surface area contributed by atoms with Crippen molar-refractivity contribution in [2.24, 2.45) is 0 Å². The van der Waals surface area contributed by atoms with E-state index in [0.717, 1.165) is 24.6 Å². The van der Waals surface area contributed by atoms with E-state index in [2.05, 4.69) is 20.6 Å². The summed E-state index contributed by atoms with van der Waals surface area (Å²) in [5.41, 5.74) is 1.47. The van der Waals surface area contributed by atoms with Gasteiger partial charge in [-0.15, -0.1) is 0 Å². The summed E-state index contributed by atoms with van der Waals surface area (Å²) in [6.45, 7) is 0.904. The van der Waals surface area contributed by atoms with E-state index in [4.69, 9.17) is 9.47 Å². The van der Waals surface area contributed by atoms with Crippen LogP contribution in [0.1, 0.15) is 36.8 Å². The molecule has 3 fully saturated rings. The molecule has 208 valence electrons. The number of pyridine rings is 2. The van der Waals surface area contributed by atoms with Gasteiger partial charge >= 0.3 is 0 Å². The molecule has 1 saturated carbocycles. The third-order valence-electron chi connectivity index (χ3n) is 8.31. The minimum atomic E-state index is -3.12. The normalized spacial score (nSPS) is 27.1. The zero-order valence-electron chi connectivity index (χ0n) is 21.4. The van der Waals surface area contributed by atoms with Crippen LogP contribution >= 0.6 is 10.6 Å². The minimum absolute atomic E-state index is 0.0471. The van der Waals surface area contributed by atoms with Gasteiger partial charge in [-0.2, -0.15) is 10.6 Å². The number of nitrogens with one attached hydrogen (secondary N) is 2. The van der Waals surface area contributed by atoms with Gasteiger partial charge in [-0.25, -0.2) is 9.37 Å². The molecule has 2 saturated heterocycles. The van der Waals surface area contributed by atoms with Crippen molar-refractivity contribution < 1.29 is 32.9 Å². The number of fused-ring (bicyclic) bond motifs is 5. The summed E-state index contributed by atoms with van der Waals surface area (Å²) in [5, 5.41) is 17.6. The number of nitrogens with zero attached hydrogens (tertiary/aromatic N) is 2. The highest BCUT2D eigenvalue weighted by molar-refractivity contribution is 8.25. The third-order valence-corrected chi connectivity index (χ3v) is 10.0. The number of carbonyl (C=O) groups is 1. The van der Waals surface area contributed by atoms with Crippen molar-refractivity contribution in [3.8, 4) is 5.88 Å². The lowest BCUT2D eigenvalue weighted by atomic mass is 9.68. The number of anilines is 1. The van der Waals surface area contributed by atoms with Gasteiger partial charge < -0.3 is 25.2 Å². The summed E-state index contributed by atoms with van der Waals surface area (Å²) in [4.78, 5) is 20.7. The molecule has 7 rings (SSSR count). The maximum atomic E-state index is 14.9. The SMILES string of the molecule is COc1ccc2ncc(F)c(CC(O)C34CCC(NCc5ccc6c(c5)NC(=O)CS6(O)O)(CC3)CO4)c2n1. The number of aromatic nitrogens is 2. The van der Waals surface area contributed by atoms with E-state index >= 15 is 0 Å². The second-order valence-electron chi connectivity index (χ2n) is 10.7. The number of rotatable bonds is 7. The van der Waals surface area contributed by atoms with Gasteiger partial charge in [0.25, 0.3) is 0 Å². The average molecular weight is 559 g/mol. The average Bonchev–Trinajstić information content (AvgIpc) is 2.93. The molecule has 1 amide bonds. The molecule has 0 spiro atoms. The molecule has 12 heteroatoms. The number of aliphatic hydroxyl groups is 1. The Hall–Kier alpha value is -2.87. The molecule has 4 aliphatic rings. The molecule has 1 atom stereocenters. The first-order chi connectivity index (χ1) is 18.6. The maximum Gasteiger partial charge on any atom is 0.244 e. The van der Waals surface area contributed by atoms with Gasteiger partial charge in [-0.3, -0.25) is 18.9 Å². The first kappa shape index (κ1) is 26.4. The Morgan fingerprint density at radius 2 is 2.03 bits per heavy atom. The summed E-state index contributed by atoms with van der Waals surface area (Å²) >= 11 is 0. The molecule has 5 N–H and O–H groups in total. The van der Waals surface area contributed by atoms with Crippen LogP contribution in [-0.4, -0.2) is 66.8 Å². The van der Waals surface area contributed by atoms with Gasteiger partial charge in [0.15, 0.2) is 0 Å². The van der Waals surface area contributed by atoms with Crippen LogP contribution < -0.4 is 15.4 Å². The first-order valence-corrected chi connectivity index (χ1v) is 14.6. The third kappa shape index (κ3) is 4.75. The number of amides is 1. The molecular formula is C27H31FN4O6S. The second kappa shape index (κ2) is 9.65. The van der Waals surface area contributed by atoms with Crippen molar-refractivity contribution in [1.29, 1.82) is 0 Å². The Kier molecular flexibility index (Phi) is 6.52. The largest absolute Gasteiger partial charge is 0.481 e. The van der Waals surface area contributed by atoms with E-state index in [9.17, 15) is 23.4 Å². The Morgan fingerprint density at radius 3 is 2.74 bits per heavy atom. The monoisotopic (exact) mass is 558 g/mol. The first-order valence-electron chi connectivity index (χ1n) is 12.9. The fourth-order valence-electron chi connectivity index (χ4n) is 5.95. The fourth-order valence-corrected chi connectivity index (χ4v) is 7.29. The summed E-state index contributed by atoms with van der Waals surface area (Å²) in [5.74, 6) is -0.909. The predicted molar refractivity (Wildman–Crippen MR) is 144 cm³/mol. The van der Waals surface area contributed by atoms with E-state index in [-0.39, 0.29) is 17.7 Å². The van der Waals surface area contributed by atoms with E-state index in [1.807, 2.05) is 6.07 Å². The molecule has 1 aromatic carbocycles. The summed E-state index contributed by atoms with van der Waals surface area (Å²) in [7, 11) is -1.63. The number of hydrogen-bond acceptors (Lipinski definition) is 9. The molecular weight excluding hydrogens is 527 g/mol. The van der Waals surface area contributed by atoms with Crippen LogP contribution in [0.15, 0.2) is 41.4 Å². The second-order valence-corrected chi connectivity index (χ2v) is 12.8. The molecule has 10 nitrogen and oxygen atoms in total. The molecule has 2 aromatic heterocycles. The van der Waals surface area contributed by atoms with Gasteiger partial charge in [0.05, 0.1) is 53.2 Å². The van der Waals surface area contributed by atoms with Crippen LogP contribution in [0.3, 0.4) is 0 Å². The van der Waals surface area contributed by atoms with Crippen LogP contribution in [-0.2, 0) is 22.5 Å². The molecule has 3 aromatic rings. The number of ether oxygens (including phenoxy) is 2. The Labute approximate surface area is 226 Å². The Balaban J connectivity index is 1.13. The molecule has 1 unspecified atom stereocenters. The zero-order chi connectivity index (χ0) is 27.4. The van der Waals surface area contributed by atoms with Gasteiger partial charge in [0.1, 0.15) is 11.6 Å².